The van der Waals surface area contributed by atoms with E-state index in [-0.39, 0.29) is 20.4 Å². The van der Waals surface area contributed by atoms with Crippen LogP contribution in [0.4, 0.5) is 0 Å². The fraction of sp³-hybridized carbons (Fsp3) is 0.929. The molecule has 0 radical (unpaired) electrons. The largest absolute Gasteiger partial charge is 0.657 e. The number of hydrogen-bond acceptors (Lipinski definition) is 4. The average Bonchev–Trinajstić information content (AvgIpc) is 2.82. The number of carbonyl (C=O) groups excluding carboxylic acids is 2. The molecule has 0 aliphatic heterocycles. The third kappa shape index (κ3) is 21.3. The van der Waals surface area contributed by atoms with Gasteiger partial charge in [-0.15, -0.1) is 24.2 Å². The summed E-state index contributed by atoms with van der Waals surface area (Å²) in [6.45, 7) is 1.94. The molecule has 35 heavy (non-hydrogen) atoms. The van der Waals surface area contributed by atoms with Gasteiger partial charge in [0.05, 0.1) is 0 Å². The maximum atomic E-state index is 8.89. The predicted octanol–water partition coefficient (Wildman–Crippen LogP) is 5.56. The van der Waals surface area contributed by atoms with Gasteiger partial charge in [0.25, 0.3) is 0 Å². The van der Waals surface area contributed by atoms with E-state index in [0.717, 1.165) is 38.0 Å². The van der Waals surface area contributed by atoms with Crippen LogP contribution in [0, 0.1) is 0 Å². The van der Waals surface area contributed by atoms with Gasteiger partial charge in [-0.05, 0) is 13.8 Å². The normalized spacial score (nSPS) is 22.0. The van der Waals surface area contributed by atoms with Crippen molar-refractivity contribution < 1.29 is 40.2 Å². The molecule has 0 amide bonds. The van der Waals surface area contributed by atoms with E-state index in [0.29, 0.717) is 0 Å². The Balaban J connectivity index is 0.000000499. The molecule has 4 aliphatic carbocycles. The summed E-state index contributed by atoms with van der Waals surface area (Å²) in [4.78, 5) is 17.8. The molecule has 210 valence electrons. The topological polar surface area (TPSA) is 108 Å². The van der Waals surface area contributed by atoms with Gasteiger partial charge >= 0.3 is 0 Å². The Morgan fingerprint density at radius 2 is 0.600 bits per heavy atom. The van der Waals surface area contributed by atoms with Crippen LogP contribution in [0.15, 0.2) is 0 Å². The van der Waals surface area contributed by atoms with Crippen LogP contribution in [0.5, 0.6) is 0 Å². The molecule has 0 N–H and O–H groups in total. The van der Waals surface area contributed by atoms with E-state index >= 15 is 0 Å². The molecule has 7 heteroatoms. The van der Waals surface area contributed by atoms with Gasteiger partial charge in [-0.1, -0.05) is 128 Å². The van der Waals surface area contributed by atoms with Gasteiger partial charge in [-0.3, -0.25) is 0 Å². The van der Waals surface area contributed by atoms with Gasteiger partial charge in [-0.25, -0.2) is 0 Å². The number of carboxylic acids is 2. The average molecular weight is 585 g/mol. The zero-order chi connectivity index (χ0) is 25.0. The second kappa shape index (κ2) is 22.7. The summed E-state index contributed by atoms with van der Waals surface area (Å²) in [5, 5.41) is 27.8. The first kappa shape index (κ1) is 34.5. The van der Waals surface area contributed by atoms with Crippen LogP contribution in [0.25, 0.3) is 10.6 Å². The summed E-state index contributed by atoms with van der Waals surface area (Å²) < 4.78 is 0. The molecule has 0 bridgehead atoms. The van der Waals surface area contributed by atoms with Crippen molar-refractivity contribution >= 4 is 11.9 Å². The molecular formula is C28H50N2O4Pd-4. The van der Waals surface area contributed by atoms with Gasteiger partial charge in [0.15, 0.2) is 0 Å². The van der Waals surface area contributed by atoms with Crippen molar-refractivity contribution in [3.05, 3.63) is 10.6 Å². The quantitative estimate of drug-likeness (QED) is 0.403. The van der Waals surface area contributed by atoms with Crippen molar-refractivity contribution in [2.75, 3.05) is 0 Å². The van der Waals surface area contributed by atoms with Crippen molar-refractivity contribution in [2.45, 2.75) is 166 Å². The van der Waals surface area contributed by atoms with E-state index in [1.807, 2.05) is 0 Å². The first-order valence-electron chi connectivity index (χ1n) is 14.1. The first-order chi connectivity index (χ1) is 16.4. The molecule has 4 aliphatic rings. The number of rotatable bonds is 4. The van der Waals surface area contributed by atoms with Crippen molar-refractivity contribution in [1.82, 2.24) is 0 Å². The Kier molecular flexibility index (Phi) is 22.4. The van der Waals surface area contributed by atoms with Crippen LogP contribution in [0.1, 0.15) is 142 Å². The standard InChI is InChI=1S/2C12H22N.2C2H4O2.Pd/c2*1-3-7-11(8-4-1)13-12-9-5-2-6-10-12;2*1-2(3)4;/h2*11-12H,1-10H2;2*1H3,(H,3,4);/q2*-1;;;/p-2. The number of carboxylic acid groups (broad SMARTS) is 2. The number of carbonyl (C=O) groups is 2. The fourth-order valence-corrected chi connectivity index (χ4v) is 5.52. The molecule has 0 aromatic carbocycles. The third-order valence-electron chi connectivity index (χ3n) is 7.14. The van der Waals surface area contributed by atoms with E-state index < -0.39 is 11.9 Å². The van der Waals surface area contributed by atoms with Gasteiger partial charge in [-0.2, -0.15) is 0 Å². The van der Waals surface area contributed by atoms with Crippen molar-refractivity contribution in [3.8, 4) is 0 Å². The summed E-state index contributed by atoms with van der Waals surface area (Å²) in [6.07, 6.45) is 28.4. The summed E-state index contributed by atoms with van der Waals surface area (Å²) in [7, 11) is 0. The predicted molar refractivity (Wildman–Crippen MR) is 136 cm³/mol. The molecule has 0 atom stereocenters. The van der Waals surface area contributed by atoms with Crippen molar-refractivity contribution in [3.63, 3.8) is 0 Å². The third-order valence-corrected chi connectivity index (χ3v) is 7.14. The summed E-state index contributed by atoms with van der Waals surface area (Å²) in [5.41, 5.74) is 0. The maximum absolute atomic E-state index is 8.89. The van der Waals surface area contributed by atoms with Crippen molar-refractivity contribution in [1.29, 1.82) is 0 Å². The molecule has 4 saturated carbocycles. The van der Waals surface area contributed by atoms with Crippen LogP contribution in [-0.4, -0.2) is 36.1 Å². The Hall–Kier alpha value is -0.478. The molecule has 0 heterocycles. The SMILES string of the molecule is C1CCC([N-]C2CCCCC2)CC1.C1CCC([N-]C2CCCCC2)CC1.CC(=O)[O-].CC(=O)[O-].[Pd]. The molecule has 0 unspecified atom stereocenters. The van der Waals surface area contributed by atoms with Crippen molar-refractivity contribution in [2.24, 2.45) is 0 Å². The number of aliphatic carboxylic acids is 2. The second-order valence-corrected chi connectivity index (χ2v) is 10.4. The molecule has 4 fully saturated rings. The minimum Gasteiger partial charge on any atom is -0.657 e. The molecule has 0 spiro atoms. The maximum Gasteiger partial charge on any atom is 0.0383 e. The Bertz CT molecular complexity index is 425. The summed E-state index contributed by atoms with van der Waals surface area (Å²) in [6, 6.07) is 2.99. The minimum atomic E-state index is -1.08. The Labute approximate surface area is 228 Å². The molecular weight excluding hydrogens is 535 g/mol. The van der Waals surface area contributed by atoms with E-state index in [2.05, 4.69) is 0 Å². The molecule has 0 saturated heterocycles. The van der Waals surface area contributed by atoms with Gasteiger partial charge in [0.1, 0.15) is 0 Å². The number of hydrogen-bond donors (Lipinski definition) is 0. The molecule has 0 aromatic heterocycles. The first-order valence-corrected chi connectivity index (χ1v) is 14.1. The molecule has 4 rings (SSSR count). The van der Waals surface area contributed by atoms with Gasteiger partial charge < -0.3 is 30.4 Å². The van der Waals surface area contributed by atoms with Crippen LogP contribution in [0.3, 0.4) is 0 Å². The fourth-order valence-electron chi connectivity index (χ4n) is 5.52. The van der Waals surface area contributed by atoms with E-state index in [4.69, 9.17) is 30.4 Å². The van der Waals surface area contributed by atoms with E-state index in [9.17, 15) is 0 Å². The van der Waals surface area contributed by atoms with Crippen LogP contribution < -0.4 is 10.2 Å². The second-order valence-electron chi connectivity index (χ2n) is 10.4. The monoisotopic (exact) mass is 584 g/mol. The Morgan fingerprint density at radius 3 is 0.743 bits per heavy atom. The Morgan fingerprint density at radius 1 is 0.457 bits per heavy atom. The smallest absolute Gasteiger partial charge is 0.0383 e. The summed E-state index contributed by atoms with van der Waals surface area (Å²) >= 11 is 0. The zero-order valence-corrected chi connectivity index (χ0v) is 23.8. The zero-order valence-electron chi connectivity index (χ0n) is 22.3. The molecule has 0 aromatic rings. The van der Waals surface area contributed by atoms with Crippen LogP contribution in [0.2, 0.25) is 0 Å². The van der Waals surface area contributed by atoms with Crippen LogP contribution >= 0.6 is 0 Å². The summed E-state index contributed by atoms with van der Waals surface area (Å²) in [5.74, 6) is -2.17. The number of nitrogens with zero attached hydrogens (tertiary/aromatic N) is 2. The van der Waals surface area contributed by atoms with Crippen LogP contribution in [-0.2, 0) is 30.0 Å². The van der Waals surface area contributed by atoms with Gasteiger partial charge in [0, 0.05) is 32.4 Å². The minimum absolute atomic E-state index is 0. The van der Waals surface area contributed by atoms with E-state index in [1.165, 1.54) is 128 Å². The van der Waals surface area contributed by atoms with E-state index in [1.54, 1.807) is 0 Å². The molecule has 6 nitrogen and oxygen atoms in total. The van der Waals surface area contributed by atoms with Gasteiger partial charge in [0.2, 0.25) is 0 Å².